The van der Waals surface area contributed by atoms with Crippen molar-refractivity contribution in [1.29, 1.82) is 0 Å². The van der Waals surface area contributed by atoms with E-state index in [1.165, 1.54) is 19.8 Å². The normalized spacial score (nSPS) is 14.3. The minimum Gasteiger partial charge on any atom is -0.493 e. The van der Waals surface area contributed by atoms with Crippen molar-refractivity contribution in [3.05, 3.63) is 58.4 Å². The maximum absolute atomic E-state index is 13.0. The molecule has 0 spiro atoms. The van der Waals surface area contributed by atoms with Crippen molar-refractivity contribution >= 4 is 17.5 Å². The first-order valence-corrected chi connectivity index (χ1v) is 11.7. The maximum Gasteiger partial charge on any atom is 0.254 e. The lowest BCUT2D eigenvalue weighted by Crippen LogP contribution is -2.48. The fourth-order valence-electron chi connectivity index (χ4n) is 4.03. The van der Waals surface area contributed by atoms with Gasteiger partial charge in [0, 0.05) is 43.7 Å². The highest BCUT2D eigenvalue weighted by molar-refractivity contribution is 6.32. The molecule has 0 bridgehead atoms. The van der Waals surface area contributed by atoms with Gasteiger partial charge >= 0.3 is 0 Å². The molecule has 2 aromatic carbocycles. The van der Waals surface area contributed by atoms with Crippen molar-refractivity contribution in [2.75, 3.05) is 46.9 Å². The highest BCUT2D eigenvalue weighted by Crippen LogP contribution is 2.36. The summed E-state index contributed by atoms with van der Waals surface area (Å²) in [4.78, 5) is 21.7. The minimum absolute atomic E-state index is 0.0583. The number of nitrogens with zero attached hydrogens (tertiary/aromatic N) is 4. The van der Waals surface area contributed by atoms with Crippen molar-refractivity contribution in [2.45, 2.75) is 19.8 Å². The lowest BCUT2D eigenvalue weighted by atomic mass is 10.1. The van der Waals surface area contributed by atoms with Crippen LogP contribution >= 0.6 is 11.6 Å². The third-order valence-electron chi connectivity index (χ3n) is 5.98. The van der Waals surface area contributed by atoms with Crippen LogP contribution in [0.25, 0.3) is 11.4 Å². The monoisotopic (exact) mass is 484 g/mol. The van der Waals surface area contributed by atoms with Crippen molar-refractivity contribution < 1.29 is 18.8 Å². The number of aromatic nitrogens is 2. The zero-order chi connectivity index (χ0) is 24.1. The number of methoxy groups -OCH3 is 2. The topological polar surface area (TPSA) is 80.9 Å². The number of amides is 1. The van der Waals surface area contributed by atoms with E-state index in [0.717, 1.165) is 38.0 Å². The lowest BCUT2D eigenvalue weighted by molar-refractivity contribution is 0.0635. The molecule has 0 N–H and O–H groups in total. The number of benzene rings is 2. The molecule has 9 heteroatoms. The smallest absolute Gasteiger partial charge is 0.254 e. The van der Waals surface area contributed by atoms with Gasteiger partial charge in [-0.2, -0.15) is 4.98 Å². The number of halogens is 1. The average molecular weight is 485 g/mol. The Labute approximate surface area is 204 Å². The van der Waals surface area contributed by atoms with Gasteiger partial charge in [0.25, 0.3) is 5.91 Å². The van der Waals surface area contributed by atoms with Crippen LogP contribution in [0.3, 0.4) is 0 Å². The summed E-state index contributed by atoms with van der Waals surface area (Å²) in [6, 6.07) is 11.4. The first-order valence-electron chi connectivity index (χ1n) is 11.3. The van der Waals surface area contributed by atoms with E-state index < -0.39 is 0 Å². The second-order valence-corrected chi connectivity index (χ2v) is 8.72. The molecule has 0 atom stereocenters. The Hall–Kier alpha value is -3.10. The molecule has 1 fully saturated rings. The molecule has 0 radical (unpaired) electrons. The minimum atomic E-state index is -0.0583. The Morgan fingerprint density at radius 3 is 2.50 bits per heavy atom. The summed E-state index contributed by atoms with van der Waals surface area (Å²) in [5.74, 6) is 2.09. The molecule has 1 aliphatic rings. The van der Waals surface area contributed by atoms with E-state index in [1.54, 1.807) is 12.1 Å². The predicted octanol–water partition coefficient (Wildman–Crippen LogP) is 4.11. The third-order valence-corrected chi connectivity index (χ3v) is 6.26. The Morgan fingerprint density at radius 2 is 1.82 bits per heavy atom. The van der Waals surface area contributed by atoms with Crippen LogP contribution in [0.1, 0.15) is 28.2 Å². The Kier molecular flexibility index (Phi) is 7.70. The summed E-state index contributed by atoms with van der Waals surface area (Å²) in [6.07, 6.45) is 1.64. The molecule has 34 heavy (non-hydrogen) atoms. The maximum atomic E-state index is 13.0. The fraction of sp³-hybridized carbons (Fsp3) is 0.400. The Bertz CT molecular complexity index is 1120. The van der Waals surface area contributed by atoms with Crippen LogP contribution in [0.5, 0.6) is 11.5 Å². The van der Waals surface area contributed by atoms with Gasteiger partial charge in [-0.25, -0.2) is 0 Å². The predicted molar refractivity (Wildman–Crippen MR) is 130 cm³/mol. The SMILES string of the molecule is COc1cc(C(=O)N2CCN(CCCc3nc(-c4ccc(C)cc4)no3)CC2)cc(Cl)c1OC. The molecular formula is C25H29ClN4O4. The van der Waals surface area contributed by atoms with Crippen LogP contribution in [0, 0.1) is 6.92 Å². The van der Waals surface area contributed by atoms with Crippen LogP contribution in [0.4, 0.5) is 0 Å². The van der Waals surface area contributed by atoms with E-state index in [4.69, 9.17) is 25.6 Å². The molecule has 3 aromatic rings. The second-order valence-electron chi connectivity index (χ2n) is 8.31. The number of aryl methyl sites for hydroxylation is 2. The molecule has 1 amide bonds. The van der Waals surface area contributed by atoms with E-state index in [0.29, 0.717) is 46.9 Å². The standard InChI is InChI=1S/C25H29ClN4O4/c1-17-6-8-18(9-7-17)24-27-22(34-28-24)5-4-10-29-11-13-30(14-12-29)25(31)19-15-20(26)23(33-3)21(16-19)32-2/h6-9,15-16H,4-5,10-14H2,1-3H3. The first-order chi connectivity index (χ1) is 16.5. The number of ether oxygens (including phenoxy) is 2. The molecule has 0 unspecified atom stereocenters. The molecule has 8 nitrogen and oxygen atoms in total. The van der Waals surface area contributed by atoms with Crippen LogP contribution in [-0.4, -0.2) is 72.8 Å². The molecular weight excluding hydrogens is 456 g/mol. The van der Waals surface area contributed by atoms with Crippen molar-refractivity contribution in [3.8, 4) is 22.9 Å². The zero-order valence-electron chi connectivity index (χ0n) is 19.7. The third kappa shape index (κ3) is 5.51. The largest absolute Gasteiger partial charge is 0.493 e. The van der Waals surface area contributed by atoms with E-state index in [2.05, 4.69) is 15.0 Å². The van der Waals surface area contributed by atoms with E-state index in [9.17, 15) is 4.79 Å². The van der Waals surface area contributed by atoms with Gasteiger partial charge in [0.05, 0.1) is 19.2 Å². The zero-order valence-corrected chi connectivity index (χ0v) is 20.5. The van der Waals surface area contributed by atoms with Gasteiger partial charge in [0.1, 0.15) is 0 Å². The summed E-state index contributed by atoms with van der Waals surface area (Å²) in [6.45, 7) is 5.89. The highest BCUT2D eigenvalue weighted by Gasteiger charge is 2.24. The average Bonchev–Trinajstić information content (AvgIpc) is 3.32. The number of rotatable bonds is 8. The number of piperazine rings is 1. The number of carbonyl (C=O) groups excluding carboxylic acids is 1. The second kappa shape index (κ2) is 10.9. The van der Waals surface area contributed by atoms with E-state index in [-0.39, 0.29) is 5.91 Å². The molecule has 4 rings (SSSR count). The van der Waals surface area contributed by atoms with Crippen LogP contribution in [0.15, 0.2) is 40.9 Å². The van der Waals surface area contributed by atoms with Gasteiger partial charge in [-0.15, -0.1) is 0 Å². The number of hydrogen-bond acceptors (Lipinski definition) is 7. The van der Waals surface area contributed by atoms with Crippen LogP contribution in [0.2, 0.25) is 5.02 Å². The number of carbonyl (C=O) groups is 1. The van der Waals surface area contributed by atoms with Crippen molar-refractivity contribution in [2.24, 2.45) is 0 Å². The summed E-state index contributed by atoms with van der Waals surface area (Å²) in [5.41, 5.74) is 2.65. The van der Waals surface area contributed by atoms with Crippen LogP contribution in [-0.2, 0) is 6.42 Å². The molecule has 1 saturated heterocycles. The fourth-order valence-corrected chi connectivity index (χ4v) is 4.32. The quantitative estimate of drug-likeness (QED) is 0.476. The molecule has 1 aromatic heterocycles. The molecule has 2 heterocycles. The van der Waals surface area contributed by atoms with Gasteiger partial charge in [-0.1, -0.05) is 46.6 Å². The van der Waals surface area contributed by atoms with Gasteiger partial charge < -0.3 is 18.9 Å². The van der Waals surface area contributed by atoms with Crippen molar-refractivity contribution in [1.82, 2.24) is 19.9 Å². The van der Waals surface area contributed by atoms with Gasteiger partial charge in [0.15, 0.2) is 11.5 Å². The molecule has 180 valence electrons. The number of hydrogen-bond donors (Lipinski definition) is 0. The van der Waals surface area contributed by atoms with Crippen LogP contribution < -0.4 is 9.47 Å². The molecule has 1 aliphatic heterocycles. The Morgan fingerprint density at radius 1 is 1.09 bits per heavy atom. The summed E-state index contributed by atoms with van der Waals surface area (Å²) in [5, 5.41) is 4.46. The highest BCUT2D eigenvalue weighted by atomic mass is 35.5. The van der Waals surface area contributed by atoms with Gasteiger partial charge in [-0.3, -0.25) is 9.69 Å². The Balaban J connectivity index is 1.25. The lowest BCUT2D eigenvalue weighted by Gasteiger charge is -2.34. The summed E-state index contributed by atoms with van der Waals surface area (Å²) < 4.78 is 16.0. The van der Waals surface area contributed by atoms with Crippen molar-refractivity contribution in [3.63, 3.8) is 0 Å². The molecule has 0 saturated carbocycles. The summed E-state index contributed by atoms with van der Waals surface area (Å²) in [7, 11) is 3.05. The molecule has 0 aliphatic carbocycles. The van der Waals surface area contributed by atoms with E-state index in [1.807, 2.05) is 36.1 Å². The van der Waals surface area contributed by atoms with Gasteiger partial charge in [-0.05, 0) is 32.0 Å². The van der Waals surface area contributed by atoms with E-state index >= 15 is 0 Å². The van der Waals surface area contributed by atoms with Gasteiger partial charge in [0.2, 0.25) is 11.7 Å². The summed E-state index contributed by atoms with van der Waals surface area (Å²) >= 11 is 6.27. The first kappa shape index (κ1) is 24.0.